The molecule has 6 nitrogen and oxygen atoms in total. The molecule has 0 unspecified atom stereocenters. The number of amides is 1. The summed E-state index contributed by atoms with van der Waals surface area (Å²) in [4.78, 5) is 25.7. The first kappa shape index (κ1) is 25.1. The number of benzene rings is 1. The monoisotopic (exact) mass is 511 g/mol. The number of alkyl halides is 2. The molecule has 2 fully saturated rings. The molecule has 0 spiro atoms. The number of aromatic nitrogens is 2. The third-order valence-corrected chi connectivity index (χ3v) is 7.51. The van der Waals surface area contributed by atoms with Gasteiger partial charge in [-0.2, -0.15) is 0 Å². The Hall–Kier alpha value is -2.03. The summed E-state index contributed by atoms with van der Waals surface area (Å²) in [6, 6.07) is 5.80. The molecule has 4 rings (SSSR count). The molecule has 0 radical (unpaired) electrons. The maximum Gasteiger partial charge on any atom is 0.272 e. The van der Waals surface area contributed by atoms with Crippen LogP contribution in [0.1, 0.15) is 47.3 Å². The van der Waals surface area contributed by atoms with Crippen LogP contribution in [0.25, 0.3) is 0 Å². The molecule has 1 aromatic carbocycles. The number of nitrogens with zero attached hydrogens (tertiary/aromatic N) is 4. The van der Waals surface area contributed by atoms with Crippen LogP contribution in [0.15, 0.2) is 24.5 Å². The number of piperidine rings is 2. The molecular formula is C24H29Cl2F2N5O. The minimum absolute atomic E-state index is 0.0763. The highest BCUT2D eigenvalue weighted by atomic mass is 35.5. The molecule has 0 saturated carbocycles. The van der Waals surface area contributed by atoms with E-state index in [1.54, 1.807) is 6.07 Å². The van der Waals surface area contributed by atoms with Gasteiger partial charge in [-0.05, 0) is 43.9 Å². The predicted octanol–water partition coefficient (Wildman–Crippen LogP) is 5.08. The number of likely N-dealkylation sites (tertiary alicyclic amines) is 2. The fourth-order valence-corrected chi connectivity index (χ4v) is 4.99. The van der Waals surface area contributed by atoms with E-state index in [-0.39, 0.29) is 24.8 Å². The molecule has 184 valence electrons. The summed E-state index contributed by atoms with van der Waals surface area (Å²) in [5.74, 6) is -2.02. The van der Waals surface area contributed by atoms with Crippen molar-refractivity contribution < 1.29 is 13.6 Å². The second-order valence-corrected chi connectivity index (χ2v) is 9.85. The zero-order chi connectivity index (χ0) is 24.3. The smallest absolute Gasteiger partial charge is 0.272 e. The van der Waals surface area contributed by atoms with E-state index in [9.17, 15) is 13.6 Å². The molecular weight excluding hydrogens is 483 g/mol. The number of carbonyl (C=O) groups excluding carboxylic acids is 1. The number of carbonyl (C=O) groups is 1. The maximum atomic E-state index is 13.5. The van der Waals surface area contributed by atoms with Gasteiger partial charge in [0.25, 0.3) is 11.8 Å². The van der Waals surface area contributed by atoms with Crippen LogP contribution in [0.4, 0.5) is 14.6 Å². The number of halogens is 4. The molecule has 34 heavy (non-hydrogen) atoms. The van der Waals surface area contributed by atoms with Gasteiger partial charge in [-0.25, -0.2) is 18.7 Å². The highest BCUT2D eigenvalue weighted by molar-refractivity contribution is 6.42. The lowest BCUT2D eigenvalue weighted by Crippen LogP contribution is -2.50. The second kappa shape index (κ2) is 10.7. The first-order chi connectivity index (χ1) is 16.2. The minimum Gasteiger partial charge on any atom is -0.369 e. The molecule has 2 saturated heterocycles. The van der Waals surface area contributed by atoms with E-state index in [1.165, 1.54) is 6.33 Å². The zero-order valence-corrected chi connectivity index (χ0v) is 20.7. The van der Waals surface area contributed by atoms with Gasteiger partial charge in [0.15, 0.2) is 0 Å². The van der Waals surface area contributed by atoms with Crippen LogP contribution < -0.4 is 5.32 Å². The Bertz CT molecular complexity index is 1020. The Morgan fingerprint density at radius 3 is 2.50 bits per heavy atom. The van der Waals surface area contributed by atoms with E-state index in [1.807, 2.05) is 24.0 Å². The van der Waals surface area contributed by atoms with E-state index >= 15 is 0 Å². The molecule has 1 N–H and O–H groups in total. The summed E-state index contributed by atoms with van der Waals surface area (Å²) < 4.78 is 26.9. The molecule has 0 bridgehead atoms. The number of hydrogen-bond donors (Lipinski definition) is 1. The Balaban J connectivity index is 1.31. The summed E-state index contributed by atoms with van der Waals surface area (Å²) in [6.45, 7) is 4.50. The van der Waals surface area contributed by atoms with Crippen LogP contribution in [0.3, 0.4) is 0 Å². The SMILES string of the molecule is Cc1c(NCCc2ccc(Cl)c(Cl)c2)ncnc1C(=O)N1CCC(N2CCC(F)(F)CC2)CC1. The lowest BCUT2D eigenvalue weighted by atomic mass is 9.98. The van der Waals surface area contributed by atoms with Crippen molar-refractivity contribution in [3.8, 4) is 0 Å². The van der Waals surface area contributed by atoms with Crippen LogP contribution in [0.2, 0.25) is 10.0 Å². The molecule has 0 atom stereocenters. The molecule has 2 aromatic rings. The Kier molecular flexibility index (Phi) is 7.90. The van der Waals surface area contributed by atoms with E-state index < -0.39 is 5.92 Å². The summed E-state index contributed by atoms with van der Waals surface area (Å²) >= 11 is 12.1. The van der Waals surface area contributed by atoms with Crippen molar-refractivity contribution in [3.05, 3.63) is 51.4 Å². The Morgan fingerprint density at radius 1 is 1.12 bits per heavy atom. The lowest BCUT2D eigenvalue weighted by molar-refractivity contribution is -0.0668. The molecule has 10 heteroatoms. The minimum atomic E-state index is -2.54. The average Bonchev–Trinajstić information content (AvgIpc) is 2.82. The van der Waals surface area contributed by atoms with Crippen molar-refractivity contribution in [1.29, 1.82) is 0 Å². The largest absolute Gasteiger partial charge is 0.369 e. The number of rotatable bonds is 6. The lowest BCUT2D eigenvalue weighted by Gasteiger charge is -2.41. The molecule has 0 aliphatic carbocycles. The quantitative estimate of drug-likeness (QED) is 0.585. The molecule has 1 amide bonds. The first-order valence-electron chi connectivity index (χ1n) is 11.6. The van der Waals surface area contributed by atoms with Crippen molar-refractivity contribution in [3.63, 3.8) is 0 Å². The van der Waals surface area contributed by atoms with Gasteiger partial charge in [-0.15, -0.1) is 0 Å². The van der Waals surface area contributed by atoms with Crippen molar-refractivity contribution in [2.75, 3.05) is 38.0 Å². The third kappa shape index (κ3) is 5.96. The fraction of sp³-hybridized carbons (Fsp3) is 0.542. The zero-order valence-electron chi connectivity index (χ0n) is 19.2. The summed E-state index contributed by atoms with van der Waals surface area (Å²) in [7, 11) is 0. The molecule has 2 aliphatic heterocycles. The van der Waals surface area contributed by atoms with Gasteiger partial charge in [0.1, 0.15) is 17.8 Å². The maximum absolute atomic E-state index is 13.5. The molecule has 1 aromatic heterocycles. The van der Waals surface area contributed by atoms with Gasteiger partial charge in [0.2, 0.25) is 0 Å². The van der Waals surface area contributed by atoms with Crippen molar-refractivity contribution >= 4 is 34.9 Å². The Morgan fingerprint density at radius 2 is 1.82 bits per heavy atom. The third-order valence-electron chi connectivity index (χ3n) is 6.77. The van der Waals surface area contributed by atoms with Gasteiger partial charge in [-0.3, -0.25) is 9.69 Å². The van der Waals surface area contributed by atoms with Gasteiger partial charge < -0.3 is 10.2 Å². The van der Waals surface area contributed by atoms with Crippen LogP contribution in [0, 0.1) is 6.92 Å². The molecule has 3 heterocycles. The molecule has 2 aliphatic rings. The predicted molar refractivity (Wildman–Crippen MR) is 130 cm³/mol. The number of hydrogen-bond acceptors (Lipinski definition) is 5. The van der Waals surface area contributed by atoms with Gasteiger partial charge >= 0.3 is 0 Å². The topological polar surface area (TPSA) is 61.4 Å². The van der Waals surface area contributed by atoms with Gasteiger partial charge in [0.05, 0.1) is 10.0 Å². The van der Waals surface area contributed by atoms with E-state index in [0.29, 0.717) is 59.8 Å². The van der Waals surface area contributed by atoms with Gasteiger partial charge in [-0.1, -0.05) is 29.3 Å². The van der Waals surface area contributed by atoms with Crippen LogP contribution >= 0.6 is 23.2 Å². The van der Waals surface area contributed by atoms with Crippen LogP contribution in [-0.4, -0.2) is 70.4 Å². The summed E-state index contributed by atoms with van der Waals surface area (Å²) in [5.41, 5.74) is 2.15. The van der Waals surface area contributed by atoms with Crippen molar-refractivity contribution in [2.24, 2.45) is 0 Å². The van der Waals surface area contributed by atoms with E-state index in [4.69, 9.17) is 23.2 Å². The summed E-state index contributed by atoms with van der Waals surface area (Å²) in [6.07, 6.45) is 3.55. The fourth-order valence-electron chi connectivity index (χ4n) is 4.66. The standard InChI is InChI=1S/C24H29Cl2F2N5O/c1-16-21(30-15-31-22(16)29-9-4-17-2-3-19(25)20(26)14-17)23(34)33-10-5-18(6-11-33)32-12-7-24(27,28)8-13-32/h2-3,14-15,18H,4-13H2,1H3,(H,29,30,31). The van der Waals surface area contributed by atoms with Crippen molar-refractivity contribution in [2.45, 2.75) is 51.0 Å². The first-order valence-corrected chi connectivity index (χ1v) is 12.4. The van der Waals surface area contributed by atoms with E-state index in [2.05, 4.69) is 20.2 Å². The average molecular weight is 512 g/mol. The van der Waals surface area contributed by atoms with Crippen LogP contribution in [-0.2, 0) is 6.42 Å². The van der Waals surface area contributed by atoms with Gasteiger partial charge in [0, 0.05) is 57.2 Å². The van der Waals surface area contributed by atoms with Crippen molar-refractivity contribution in [1.82, 2.24) is 19.8 Å². The van der Waals surface area contributed by atoms with E-state index in [0.717, 1.165) is 24.8 Å². The highest BCUT2D eigenvalue weighted by Crippen LogP contribution is 2.31. The Labute approximate surface area is 208 Å². The number of nitrogens with one attached hydrogen (secondary N) is 1. The normalized spacial score (nSPS) is 19.3. The number of anilines is 1. The second-order valence-electron chi connectivity index (χ2n) is 9.04. The van der Waals surface area contributed by atoms with Crippen LogP contribution in [0.5, 0.6) is 0 Å². The summed E-state index contributed by atoms with van der Waals surface area (Å²) in [5, 5.41) is 4.33. The highest BCUT2D eigenvalue weighted by Gasteiger charge is 2.37.